The van der Waals surface area contributed by atoms with Gasteiger partial charge < -0.3 is 20.1 Å². The fourth-order valence-corrected chi connectivity index (χ4v) is 3.21. The molecule has 3 heterocycles. The molecule has 0 unspecified atom stereocenters. The molecule has 2 N–H and O–H groups in total. The third-order valence-corrected chi connectivity index (χ3v) is 4.75. The van der Waals surface area contributed by atoms with E-state index in [1.54, 1.807) is 18.5 Å². The number of anilines is 1. The van der Waals surface area contributed by atoms with Crippen LogP contribution >= 0.6 is 0 Å². The summed E-state index contributed by atoms with van der Waals surface area (Å²) >= 11 is 0. The highest BCUT2D eigenvalue weighted by atomic mass is 16.7. The Bertz CT molecular complexity index is 961. The molecule has 1 aromatic carbocycles. The molecule has 0 radical (unpaired) electrons. The predicted molar refractivity (Wildman–Crippen MR) is 114 cm³/mol. The van der Waals surface area contributed by atoms with Gasteiger partial charge in [0.05, 0.1) is 24.5 Å². The molecule has 0 spiro atoms. The van der Waals surface area contributed by atoms with Gasteiger partial charge in [-0.15, -0.1) is 0 Å². The number of benzene rings is 1. The molecule has 7 nitrogen and oxygen atoms in total. The van der Waals surface area contributed by atoms with Crippen LogP contribution in [0.4, 0.5) is 5.82 Å². The first-order valence-corrected chi connectivity index (χ1v) is 10.0. The van der Waals surface area contributed by atoms with Crippen molar-refractivity contribution >= 4 is 11.7 Å². The highest BCUT2D eigenvalue weighted by Crippen LogP contribution is 2.22. The molecule has 1 aliphatic heterocycles. The molecule has 3 aromatic rings. The first kappa shape index (κ1) is 20.0. The number of hydrogen-bond donors (Lipinski definition) is 2. The molecule has 1 aliphatic rings. The number of nitrogens with one attached hydrogen (secondary N) is 2. The monoisotopic (exact) mass is 404 g/mol. The van der Waals surface area contributed by atoms with Crippen molar-refractivity contribution in [3.05, 3.63) is 78.1 Å². The Balaban J connectivity index is 1.50. The van der Waals surface area contributed by atoms with Crippen LogP contribution in [0.3, 0.4) is 0 Å². The first-order valence-electron chi connectivity index (χ1n) is 10.0. The van der Waals surface area contributed by atoms with E-state index in [2.05, 4.69) is 15.6 Å². The Morgan fingerprint density at radius 1 is 1.03 bits per heavy atom. The highest BCUT2D eigenvalue weighted by Gasteiger charge is 2.17. The number of rotatable bonds is 8. The van der Waals surface area contributed by atoms with Crippen LogP contribution in [0.2, 0.25) is 0 Å². The van der Waals surface area contributed by atoms with Crippen LogP contribution in [0.1, 0.15) is 22.3 Å². The number of aromatic nitrogens is 2. The van der Waals surface area contributed by atoms with E-state index in [-0.39, 0.29) is 12.2 Å². The van der Waals surface area contributed by atoms with Gasteiger partial charge in [0.1, 0.15) is 5.82 Å². The van der Waals surface area contributed by atoms with Crippen molar-refractivity contribution in [2.75, 3.05) is 25.1 Å². The summed E-state index contributed by atoms with van der Waals surface area (Å²) in [5.74, 6) is 0.347. The van der Waals surface area contributed by atoms with Gasteiger partial charge in [-0.2, -0.15) is 0 Å². The quantitative estimate of drug-likeness (QED) is 0.600. The van der Waals surface area contributed by atoms with Crippen LogP contribution in [-0.2, 0) is 16.0 Å². The number of carbonyl (C=O) groups is 1. The third-order valence-electron chi connectivity index (χ3n) is 4.75. The number of ether oxygens (including phenoxy) is 2. The SMILES string of the molecule is O=C(NCc1cccnc1)c1ccc(-c2ccccc2)nc1NCCC1OCCO1. The van der Waals surface area contributed by atoms with E-state index in [0.29, 0.717) is 44.1 Å². The highest BCUT2D eigenvalue weighted by molar-refractivity contribution is 5.99. The molecule has 0 atom stereocenters. The zero-order valence-corrected chi connectivity index (χ0v) is 16.6. The lowest BCUT2D eigenvalue weighted by Gasteiger charge is -2.15. The van der Waals surface area contributed by atoms with Gasteiger partial charge in [0.15, 0.2) is 6.29 Å². The van der Waals surface area contributed by atoms with Gasteiger partial charge in [0.25, 0.3) is 5.91 Å². The summed E-state index contributed by atoms with van der Waals surface area (Å²) < 4.78 is 11.0. The van der Waals surface area contributed by atoms with E-state index < -0.39 is 0 Å². The van der Waals surface area contributed by atoms with Crippen LogP contribution in [0.15, 0.2) is 67.0 Å². The summed E-state index contributed by atoms with van der Waals surface area (Å²) in [4.78, 5) is 21.6. The standard InChI is InChI=1S/C23H24N4O3/c28-23(26-16-17-5-4-11-24-15-17)19-8-9-20(18-6-2-1-3-7-18)27-22(19)25-12-10-21-29-13-14-30-21/h1-9,11,15,21H,10,12-14,16H2,(H,25,27)(H,26,28). The summed E-state index contributed by atoms with van der Waals surface area (Å²) in [6.45, 7) is 2.22. The normalized spacial score (nSPS) is 13.9. The molecule has 0 saturated carbocycles. The summed E-state index contributed by atoms with van der Waals surface area (Å²) in [7, 11) is 0. The maximum Gasteiger partial charge on any atom is 0.255 e. The lowest BCUT2D eigenvalue weighted by atomic mass is 10.1. The van der Waals surface area contributed by atoms with Crippen LogP contribution < -0.4 is 10.6 Å². The second-order valence-electron chi connectivity index (χ2n) is 6.89. The molecule has 1 amide bonds. The van der Waals surface area contributed by atoms with E-state index in [4.69, 9.17) is 14.5 Å². The first-order chi connectivity index (χ1) is 14.8. The Morgan fingerprint density at radius 2 is 1.87 bits per heavy atom. The van der Waals surface area contributed by atoms with E-state index in [0.717, 1.165) is 16.8 Å². The summed E-state index contributed by atoms with van der Waals surface area (Å²) in [5.41, 5.74) is 3.22. The van der Waals surface area contributed by atoms with Crippen molar-refractivity contribution in [1.82, 2.24) is 15.3 Å². The molecule has 0 aliphatic carbocycles. The molecule has 1 saturated heterocycles. The lowest BCUT2D eigenvalue weighted by molar-refractivity contribution is -0.0439. The number of nitrogens with zero attached hydrogens (tertiary/aromatic N) is 2. The molecule has 154 valence electrons. The van der Waals surface area contributed by atoms with Crippen molar-refractivity contribution in [3.63, 3.8) is 0 Å². The molecular weight excluding hydrogens is 380 g/mol. The van der Waals surface area contributed by atoms with E-state index in [9.17, 15) is 4.79 Å². The summed E-state index contributed by atoms with van der Waals surface area (Å²) in [6, 6.07) is 17.3. The Labute approximate surface area is 175 Å². The van der Waals surface area contributed by atoms with Gasteiger partial charge in [-0.3, -0.25) is 9.78 Å². The lowest BCUT2D eigenvalue weighted by Crippen LogP contribution is -2.25. The van der Waals surface area contributed by atoms with Crippen molar-refractivity contribution in [2.45, 2.75) is 19.3 Å². The van der Waals surface area contributed by atoms with Gasteiger partial charge in [0, 0.05) is 37.5 Å². The van der Waals surface area contributed by atoms with Gasteiger partial charge in [-0.1, -0.05) is 36.4 Å². The van der Waals surface area contributed by atoms with Crippen LogP contribution in [0.25, 0.3) is 11.3 Å². The van der Waals surface area contributed by atoms with Crippen LogP contribution in [0, 0.1) is 0 Å². The minimum atomic E-state index is -0.210. The molecule has 0 bridgehead atoms. The maximum atomic E-state index is 12.8. The average molecular weight is 404 g/mol. The van der Waals surface area contributed by atoms with Crippen molar-refractivity contribution in [1.29, 1.82) is 0 Å². The third kappa shape index (κ3) is 5.20. The Kier molecular flexibility index (Phi) is 6.64. The van der Waals surface area contributed by atoms with E-state index in [1.165, 1.54) is 0 Å². The molecular formula is C23H24N4O3. The van der Waals surface area contributed by atoms with Crippen molar-refractivity contribution in [2.24, 2.45) is 0 Å². The average Bonchev–Trinajstić information content (AvgIpc) is 3.32. The van der Waals surface area contributed by atoms with Crippen molar-refractivity contribution < 1.29 is 14.3 Å². The van der Waals surface area contributed by atoms with E-state index in [1.807, 2.05) is 48.5 Å². The van der Waals surface area contributed by atoms with Crippen molar-refractivity contribution in [3.8, 4) is 11.3 Å². The zero-order valence-electron chi connectivity index (χ0n) is 16.6. The largest absolute Gasteiger partial charge is 0.369 e. The molecule has 7 heteroatoms. The second-order valence-corrected chi connectivity index (χ2v) is 6.89. The summed E-state index contributed by atoms with van der Waals surface area (Å²) in [6.07, 6.45) is 3.90. The topological polar surface area (TPSA) is 85.4 Å². The Morgan fingerprint density at radius 3 is 2.63 bits per heavy atom. The predicted octanol–water partition coefficient (Wildman–Crippen LogP) is 3.25. The molecule has 4 rings (SSSR count). The van der Waals surface area contributed by atoms with Gasteiger partial charge in [-0.25, -0.2) is 4.98 Å². The minimum absolute atomic E-state index is 0.193. The number of pyridine rings is 2. The van der Waals surface area contributed by atoms with Crippen LogP contribution in [-0.4, -0.2) is 41.9 Å². The zero-order chi connectivity index (χ0) is 20.6. The van der Waals surface area contributed by atoms with Gasteiger partial charge in [0.2, 0.25) is 0 Å². The van der Waals surface area contributed by atoms with E-state index >= 15 is 0 Å². The second kappa shape index (κ2) is 9.96. The number of hydrogen-bond acceptors (Lipinski definition) is 6. The van der Waals surface area contributed by atoms with Crippen LogP contribution in [0.5, 0.6) is 0 Å². The maximum absolute atomic E-state index is 12.8. The number of amides is 1. The molecule has 30 heavy (non-hydrogen) atoms. The fraction of sp³-hybridized carbons (Fsp3) is 0.261. The summed E-state index contributed by atoms with van der Waals surface area (Å²) in [5, 5.41) is 6.22. The van der Waals surface area contributed by atoms with Gasteiger partial charge in [-0.05, 0) is 23.8 Å². The fourth-order valence-electron chi connectivity index (χ4n) is 3.21. The molecule has 2 aromatic heterocycles. The van der Waals surface area contributed by atoms with Gasteiger partial charge >= 0.3 is 0 Å². The molecule has 1 fully saturated rings. The smallest absolute Gasteiger partial charge is 0.255 e. The number of carbonyl (C=O) groups excluding carboxylic acids is 1. The Hall–Kier alpha value is -3.29. The minimum Gasteiger partial charge on any atom is -0.369 e.